The van der Waals surface area contributed by atoms with Gasteiger partial charge in [-0.1, -0.05) is 12.1 Å². The van der Waals surface area contributed by atoms with Crippen molar-refractivity contribution < 1.29 is 13.9 Å². The first-order valence-corrected chi connectivity index (χ1v) is 8.28. The SMILES string of the molecule is CCOc1ccccc1NC(=O)N1CCN(Cc2ccco2)CC1. The topological polar surface area (TPSA) is 58.0 Å². The second kappa shape index (κ2) is 7.88. The van der Waals surface area contributed by atoms with Gasteiger partial charge in [0, 0.05) is 26.2 Å². The van der Waals surface area contributed by atoms with Crippen LogP contribution in [0.25, 0.3) is 0 Å². The predicted octanol–water partition coefficient (Wildman–Crippen LogP) is 3.03. The average Bonchev–Trinajstić information content (AvgIpc) is 3.10. The molecule has 1 aliphatic heterocycles. The number of hydrogen-bond donors (Lipinski definition) is 1. The zero-order valence-corrected chi connectivity index (χ0v) is 13.9. The van der Waals surface area contributed by atoms with Crippen LogP contribution in [0.15, 0.2) is 47.1 Å². The van der Waals surface area contributed by atoms with E-state index in [-0.39, 0.29) is 6.03 Å². The average molecular weight is 329 g/mol. The number of ether oxygens (including phenoxy) is 1. The molecule has 0 bridgehead atoms. The van der Waals surface area contributed by atoms with Crippen LogP contribution in [0, 0.1) is 0 Å². The molecule has 0 atom stereocenters. The van der Waals surface area contributed by atoms with E-state index in [0.717, 1.165) is 25.4 Å². The van der Waals surface area contributed by atoms with Gasteiger partial charge in [-0.05, 0) is 31.2 Å². The molecule has 1 saturated heterocycles. The Kier molecular flexibility index (Phi) is 5.38. The van der Waals surface area contributed by atoms with Gasteiger partial charge in [0.25, 0.3) is 0 Å². The van der Waals surface area contributed by atoms with E-state index in [9.17, 15) is 4.79 Å². The number of hydrogen-bond acceptors (Lipinski definition) is 4. The lowest BCUT2D eigenvalue weighted by molar-refractivity contribution is 0.137. The maximum atomic E-state index is 12.5. The van der Waals surface area contributed by atoms with Crippen molar-refractivity contribution in [2.45, 2.75) is 13.5 Å². The quantitative estimate of drug-likeness (QED) is 0.916. The van der Waals surface area contributed by atoms with Crippen LogP contribution >= 0.6 is 0 Å². The van der Waals surface area contributed by atoms with E-state index in [4.69, 9.17) is 9.15 Å². The Morgan fingerprint density at radius 2 is 1.96 bits per heavy atom. The van der Waals surface area contributed by atoms with Crippen molar-refractivity contribution in [2.24, 2.45) is 0 Å². The minimum Gasteiger partial charge on any atom is -0.492 e. The Bertz CT molecular complexity index is 649. The lowest BCUT2D eigenvalue weighted by Crippen LogP contribution is -2.49. The van der Waals surface area contributed by atoms with Gasteiger partial charge >= 0.3 is 6.03 Å². The third-order valence-corrected chi connectivity index (χ3v) is 4.05. The zero-order chi connectivity index (χ0) is 16.8. The Morgan fingerprint density at radius 1 is 1.17 bits per heavy atom. The molecule has 2 heterocycles. The van der Waals surface area contributed by atoms with E-state index in [1.807, 2.05) is 48.2 Å². The van der Waals surface area contributed by atoms with Crippen LogP contribution in [0.3, 0.4) is 0 Å². The number of piperazine rings is 1. The molecule has 0 unspecified atom stereocenters. The highest BCUT2D eigenvalue weighted by atomic mass is 16.5. The number of carbonyl (C=O) groups is 1. The molecule has 0 radical (unpaired) electrons. The number of nitrogens with zero attached hydrogens (tertiary/aromatic N) is 2. The summed E-state index contributed by atoms with van der Waals surface area (Å²) in [5.41, 5.74) is 0.711. The van der Waals surface area contributed by atoms with Crippen molar-refractivity contribution in [3.8, 4) is 5.75 Å². The lowest BCUT2D eigenvalue weighted by atomic mass is 10.3. The van der Waals surface area contributed by atoms with Crippen LogP contribution in [0.5, 0.6) is 5.75 Å². The van der Waals surface area contributed by atoms with Crippen molar-refractivity contribution in [3.63, 3.8) is 0 Å². The number of urea groups is 1. The summed E-state index contributed by atoms with van der Waals surface area (Å²) in [5.74, 6) is 1.66. The van der Waals surface area contributed by atoms with Gasteiger partial charge in [0.2, 0.25) is 0 Å². The lowest BCUT2D eigenvalue weighted by Gasteiger charge is -2.34. The molecule has 1 aromatic heterocycles. The van der Waals surface area contributed by atoms with Gasteiger partial charge in [0.15, 0.2) is 0 Å². The maximum Gasteiger partial charge on any atom is 0.322 e. The number of nitrogens with one attached hydrogen (secondary N) is 1. The highest BCUT2D eigenvalue weighted by molar-refractivity contribution is 5.91. The van der Waals surface area contributed by atoms with Crippen molar-refractivity contribution in [2.75, 3.05) is 38.1 Å². The number of amides is 2. The smallest absolute Gasteiger partial charge is 0.322 e. The van der Waals surface area contributed by atoms with Gasteiger partial charge in [-0.25, -0.2) is 4.79 Å². The molecule has 1 aliphatic rings. The third kappa shape index (κ3) is 4.08. The molecule has 3 rings (SSSR count). The van der Waals surface area contributed by atoms with E-state index < -0.39 is 0 Å². The Balaban J connectivity index is 1.52. The predicted molar refractivity (Wildman–Crippen MR) is 92.2 cm³/mol. The normalized spacial score (nSPS) is 15.3. The van der Waals surface area contributed by atoms with Crippen LogP contribution < -0.4 is 10.1 Å². The molecule has 0 saturated carbocycles. The zero-order valence-electron chi connectivity index (χ0n) is 13.9. The fraction of sp³-hybridized carbons (Fsp3) is 0.389. The van der Waals surface area contributed by atoms with Gasteiger partial charge in [0.05, 0.1) is 25.1 Å². The van der Waals surface area contributed by atoms with E-state index in [1.165, 1.54) is 0 Å². The van der Waals surface area contributed by atoms with Crippen molar-refractivity contribution in [3.05, 3.63) is 48.4 Å². The summed E-state index contributed by atoms with van der Waals surface area (Å²) in [4.78, 5) is 16.6. The second-order valence-corrected chi connectivity index (χ2v) is 5.70. The molecule has 0 aliphatic carbocycles. The van der Waals surface area contributed by atoms with E-state index in [0.29, 0.717) is 31.1 Å². The first-order chi connectivity index (χ1) is 11.8. The van der Waals surface area contributed by atoms with E-state index in [1.54, 1.807) is 6.26 Å². The van der Waals surface area contributed by atoms with Crippen LogP contribution in [0.1, 0.15) is 12.7 Å². The summed E-state index contributed by atoms with van der Waals surface area (Å²) in [7, 11) is 0. The molecule has 1 N–H and O–H groups in total. The van der Waals surface area contributed by atoms with Crippen molar-refractivity contribution >= 4 is 11.7 Å². The maximum absolute atomic E-state index is 12.5. The molecule has 2 aromatic rings. The standard InChI is InChI=1S/C18H23N3O3/c1-2-23-17-8-4-3-7-16(17)19-18(22)21-11-9-20(10-12-21)14-15-6-5-13-24-15/h3-8,13H,2,9-12,14H2,1H3,(H,19,22). The first kappa shape index (κ1) is 16.4. The van der Waals surface area contributed by atoms with Gasteiger partial charge in [-0.2, -0.15) is 0 Å². The molecule has 128 valence electrons. The Labute approximate surface area is 142 Å². The monoisotopic (exact) mass is 329 g/mol. The molecule has 6 heteroatoms. The molecule has 6 nitrogen and oxygen atoms in total. The summed E-state index contributed by atoms with van der Waals surface area (Å²) in [6.45, 7) is 6.35. The summed E-state index contributed by atoms with van der Waals surface area (Å²) < 4.78 is 10.9. The van der Waals surface area contributed by atoms with E-state index >= 15 is 0 Å². The largest absolute Gasteiger partial charge is 0.492 e. The van der Waals surface area contributed by atoms with Crippen LogP contribution in [-0.2, 0) is 6.54 Å². The van der Waals surface area contributed by atoms with Gasteiger partial charge in [-0.3, -0.25) is 4.90 Å². The first-order valence-electron chi connectivity index (χ1n) is 8.28. The summed E-state index contributed by atoms with van der Waals surface area (Å²) in [6, 6.07) is 11.3. The number of para-hydroxylation sites is 2. The number of furan rings is 1. The van der Waals surface area contributed by atoms with Gasteiger partial charge < -0.3 is 19.4 Å². The number of carbonyl (C=O) groups excluding carboxylic acids is 1. The fourth-order valence-corrected chi connectivity index (χ4v) is 2.78. The molecule has 1 fully saturated rings. The summed E-state index contributed by atoms with van der Waals surface area (Å²) in [6.07, 6.45) is 1.69. The number of rotatable bonds is 5. The molecular formula is C18H23N3O3. The second-order valence-electron chi connectivity index (χ2n) is 5.70. The van der Waals surface area contributed by atoms with Crippen LogP contribution in [0.2, 0.25) is 0 Å². The van der Waals surface area contributed by atoms with E-state index in [2.05, 4.69) is 10.2 Å². The van der Waals surface area contributed by atoms with Gasteiger partial charge in [0.1, 0.15) is 11.5 Å². The molecule has 2 amide bonds. The number of anilines is 1. The molecule has 24 heavy (non-hydrogen) atoms. The highest BCUT2D eigenvalue weighted by Crippen LogP contribution is 2.24. The molecular weight excluding hydrogens is 306 g/mol. The number of benzene rings is 1. The van der Waals surface area contributed by atoms with Crippen LogP contribution in [0.4, 0.5) is 10.5 Å². The van der Waals surface area contributed by atoms with Crippen molar-refractivity contribution in [1.29, 1.82) is 0 Å². The van der Waals surface area contributed by atoms with Gasteiger partial charge in [-0.15, -0.1) is 0 Å². The summed E-state index contributed by atoms with van der Waals surface area (Å²) >= 11 is 0. The summed E-state index contributed by atoms with van der Waals surface area (Å²) in [5, 5.41) is 2.95. The highest BCUT2D eigenvalue weighted by Gasteiger charge is 2.22. The minimum absolute atomic E-state index is 0.0835. The molecule has 1 aromatic carbocycles. The van der Waals surface area contributed by atoms with Crippen molar-refractivity contribution in [1.82, 2.24) is 9.80 Å². The Morgan fingerprint density at radius 3 is 2.67 bits per heavy atom. The fourth-order valence-electron chi connectivity index (χ4n) is 2.78. The molecule has 0 spiro atoms. The Hall–Kier alpha value is -2.47. The third-order valence-electron chi connectivity index (χ3n) is 4.05. The minimum atomic E-state index is -0.0835. The van der Waals surface area contributed by atoms with Crippen LogP contribution in [-0.4, -0.2) is 48.6 Å².